The molecule has 0 heterocycles. The van der Waals surface area contributed by atoms with Crippen molar-refractivity contribution in [3.8, 4) is 0 Å². The fourth-order valence-corrected chi connectivity index (χ4v) is 4.30. The fourth-order valence-electron chi connectivity index (χ4n) is 3.02. The summed E-state index contributed by atoms with van der Waals surface area (Å²) in [7, 11) is -4.08. The number of nitrogens with zero attached hydrogens (tertiary/aromatic N) is 1. The highest BCUT2D eigenvalue weighted by atomic mass is 32.2. The van der Waals surface area contributed by atoms with Gasteiger partial charge in [0.2, 0.25) is 10.0 Å². The second-order valence-corrected chi connectivity index (χ2v) is 8.09. The molecule has 1 aliphatic carbocycles. The highest BCUT2D eigenvalue weighted by molar-refractivity contribution is 7.89. The van der Waals surface area contributed by atoms with Gasteiger partial charge in [-0.25, -0.2) is 13.1 Å². The normalized spacial score (nSPS) is 20.8. The zero-order valence-electron chi connectivity index (χ0n) is 14.4. The van der Waals surface area contributed by atoms with Crippen LogP contribution in [0.4, 0.5) is 13.2 Å². The molecule has 0 aliphatic heterocycles. The van der Waals surface area contributed by atoms with Gasteiger partial charge in [-0.05, 0) is 44.0 Å². The molecule has 10 heteroatoms. The third-order valence-electron chi connectivity index (χ3n) is 4.52. The summed E-state index contributed by atoms with van der Waals surface area (Å²) in [6.45, 7) is 3.47. The fraction of sp³-hybridized carbons (Fsp3) is 0.562. The lowest BCUT2D eigenvalue weighted by Gasteiger charge is -2.42. The number of hydrogen-bond acceptors (Lipinski definition) is 4. The summed E-state index contributed by atoms with van der Waals surface area (Å²) in [5, 5.41) is 8.85. The van der Waals surface area contributed by atoms with Crippen LogP contribution in [0.3, 0.4) is 0 Å². The molecule has 1 aliphatic rings. The van der Waals surface area contributed by atoms with Crippen molar-refractivity contribution >= 4 is 16.0 Å². The lowest BCUT2D eigenvalue weighted by molar-refractivity contribution is -0.140. The number of nitrogens with one attached hydrogen (secondary N) is 1. The van der Waals surface area contributed by atoms with Gasteiger partial charge in [0.15, 0.2) is 0 Å². The van der Waals surface area contributed by atoms with Crippen molar-refractivity contribution in [2.45, 2.75) is 49.8 Å². The van der Waals surface area contributed by atoms with E-state index in [4.69, 9.17) is 5.11 Å². The van der Waals surface area contributed by atoms with Crippen LogP contribution in [0.1, 0.15) is 30.9 Å². The lowest BCUT2D eigenvalue weighted by atomic mass is 9.86. The maximum absolute atomic E-state index is 13.0. The number of likely N-dealkylation sites (N-methyl/N-ethyl adjacent to an activating group) is 1. The van der Waals surface area contributed by atoms with Crippen LogP contribution in [0.5, 0.6) is 0 Å². The number of halogens is 3. The Hall–Kier alpha value is -1.65. The van der Waals surface area contributed by atoms with Gasteiger partial charge in [-0.15, -0.1) is 0 Å². The molecule has 26 heavy (non-hydrogen) atoms. The first-order valence-electron chi connectivity index (χ1n) is 8.10. The van der Waals surface area contributed by atoms with Crippen molar-refractivity contribution in [1.82, 2.24) is 9.62 Å². The van der Waals surface area contributed by atoms with Crippen LogP contribution >= 0.6 is 0 Å². The minimum absolute atomic E-state index is 0.0487. The van der Waals surface area contributed by atoms with Gasteiger partial charge < -0.3 is 5.11 Å². The van der Waals surface area contributed by atoms with Gasteiger partial charge in [-0.1, -0.05) is 13.0 Å². The van der Waals surface area contributed by atoms with E-state index in [-0.39, 0.29) is 18.2 Å². The number of sulfonamides is 1. The van der Waals surface area contributed by atoms with Gasteiger partial charge in [0, 0.05) is 12.1 Å². The number of aryl methyl sites for hydroxylation is 1. The summed E-state index contributed by atoms with van der Waals surface area (Å²) in [6, 6.07) is 2.42. The number of carboxylic acid groups (broad SMARTS) is 1. The first-order valence-corrected chi connectivity index (χ1v) is 9.58. The van der Waals surface area contributed by atoms with E-state index in [0.717, 1.165) is 12.1 Å². The molecule has 6 nitrogen and oxygen atoms in total. The molecule has 0 radical (unpaired) electrons. The van der Waals surface area contributed by atoms with Crippen LogP contribution in [-0.2, 0) is 21.0 Å². The maximum atomic E-state index is 13.0. The first kappa shape index (κ1) is 20.7. The predicted molar refractivity (Wildman–Crippen MR) is 88.2 cm³/mol. The molecule has 0 unspecified atom stereocenters. The molecule has 2 rings (SSSR count). The van der Waals surface area contributed by atoms with E-state index in [2.05, 4.69) is 4.72 Å². The van der Waals surface area contributed by atoms with Crippen molar-refractivity contribution in [2.75, 3.05) is 13.1 Å². The number of carboxylic acids is 1. The molecule has 2 N–H and O–H groups in total. The van der Waals surface area contributed by atoms with E-state index in [1.165, 1.54) is 6.92 Å². The van der Waals surface area contributed by atoms with Crippen molar-refractivity contribution in [3.05, 3.63) is 29.3 Å². The van der Waals surface area contributed by atoms with Gasteiger partial charge in [0.25, 0.3) is 0 Å². The molecule has 0 saturated heterocycles. The van der Waals surface area contributed by atoms with E-state index in [0.29, 0.717) is 25.5 Å². The Bertz CT molecular complexity index is 774. The second-order valence-electron chi connectivity index (χ2n) is 6.37. The van der Waals surface area contributed by atoms with Gasteiger partial charge in [0.1, 0.15) is 0 Å². The van der Waals surface area contributed by atoms with Crippen LogP contribution < -0.4 is 4.72 Å². The highest BCUT2D eigenvalue weighted by Gasteiger charge is 2.37. The lowest BCUT2D eigenvalue weighted by Crippen LogP contribution is -2.54. The Morgan fingerprint density at radius 2 is 1.96 bits per heavy atom. The number of hydrogen-bond donors (Lipinski definition) is 2. The summed E-state index contributed by atoms with van der Waals surface area (Å²) in [4.78, 5) is 12.1. The van der Waals surface area contributed by atoms with Gasteiger partial charge in [0.05, 0.1) is 17.0 Å². The van der Waals surface area contributed by atoms with Gasteiger partial charge in [-0.3, -0.25) is 9.69 Å². The smallest absolute Gasteiger partial charge is 0.416 e. The Labute approximate surface area is 150 Å². The molecule has 1 fully saturated rings. The van der Waals surface area contributed by atoms with Crippen molar-refractivity contribution in [3.63, 3.8) is 0 Å². The number of carbonyl (C=O) groups is 1. The first-order chi connectivity index (χ1) is 11.9. The van der Waals surface area contributed by atoms with E-state index in [1.807, 2.05) is 6.92 Å². The minimum atomic E-state index is -4.63. The molecule has 0 amide bonds. The summed E-state index contributed by atoms with van der Waals surface area (Å²) >= 11 is 0. The van der Waals surface area contributed by atoms with Crippen LogP contribution in [-0.4, -0.2) is 49.6 Å². The summed E-state index contributed by atoms with van der Waals surface area (Å²) in [5.41, 5.74) is -1.03. The largest absolute Gasteiger partial charge is 0.480 e. The molecule has 0 aromatic heterocycles. The number of benzene rings is 1. The van der Waals surface area contributed by atoms with E-state index in [1.54, 1.807) is 4.90 Å². The van der Waals surface area contributed by atoms with Crippen LogP contribution in [0.2, 0.25) is 0 Å². The molecule has 1 aromatic rings. The Kier molecular flexibility index (Phi) is 5.99. The topological polar surface area (TPSA) is 86.7 Å². The summed E-state index contributed by atoms with van der Waals surface area (Å²) < 4.78 is 66.0. The quantitative estimate of drug-likeness (QED) is 0.741. The zero-order valence-corrected chi connectivity index (χ0v) is 15.2. The zero-order chi connectivity index (χ0) is 19.7. The van der Waals surface area contributed by atoms with Crippen LogP contribution in [0.25, 0.3) is 0 Å². The number of alkyl halides is 3. The van der Waals surface area contributed by atoms with Gasteiger partial charge >= 0.3 is 12.1 Å². The second kappa shape index (κ2) is 7.53. The van der Waals surface area contributed by atoms with Crippen LogP contribution in [0, 0.1) is 6.92 Å². The average Bonchev–Trinajstić information content (AvgIpc) is 2.47. The third kappa shape index (κ3) is 4.74. The summed E-state index contributed by atoms with van der Waals surface area (Å²) in [5.74, 6) is -0.963. The minimum Gasteiger partial charge on any atom is -0.480 e. The van der Waals surface area contributed by atoms with Crippen molar-refractivity contribution in [2.24, 2.45) is 0 Å². The van der Waals surface area contributed by atoms with E-state index >= 15 is 0 Å². The van der Waals surface area contributed by atoms with E-state index < -0.39 is 38.7 Å². The Morgan fingerprint density at radius 1 is 1.35 bits per heavy atom. The van der Waals surface area contributed by atoms with Crippen molar-refractivity contribution in [1.29, 1.82) is 0 Å². The molecular weight excluding hydrogens is 373 g/mol. The molecule has 0 spiro atoms. The van der Waals surface area contributed by atoms with Crippen LogP contribution in [0.15, 0.2) is 23.1 Å². The van der Waals surface area contributed by atoms with Crippen molar-refractivity contribution < 1.29 is 31.5 Å². The third-order valence-corrected chi connectivity index (χ3v) is 6.04. The van der Waals surface area contributed by atoms with Gasteiger partial charge in [-0.2, -0.15) is 13.2 Å². The predicted octanol–water partition coefficient (Wildman–Crippen LogP) is 2.23. The Balaban J connectivity index is 2.06. The molecule has 1 aromatic carbocycles. The number of aliphatic carboxylic acids is 1. The molecule has 0 bridgehead atoms. The maximum Gasteiger partial charge on any atom is 0.416 e. The monoisotopic (exact) mass is 394 g/mol. The standard InChI is InChI=1S/C16H21F3N2O4S/c1-3-21(9-15(22)23)12-6-11(7-12)20-26(24,25)13-5-4-10(2)14(8-13)16(17,18)19/h4-5,8,11-12,20H,3,6-7,9H2,1-2H3,(H,22,23). The molecular formula is C16H21F3N2O4S. The average molecular weight is 394 g/mol. The molecule has 0 atom stereocenters. The SMILES string of the molecule is CCN(CC(=O)O)C1CC(NS(=O)(=O)c2ccc(C)c(C(F)(F)F)c2)C1. The highest BCUT2D eigenvalue weighted by Crippen LogP contribution is 2.34. The molecule has 1 saturated carbocycles. The van der Waals surface area contributed by atoms with E-state index in [9.17, 15) is 26.4 Å². The summed E-state index contributed by atoms with van der Waals surface area (Å²) in [6.07, 6.45) is -3.80. The Morgan fingerprint density at radius 3 is 2.46 bits per heavy atom. The number of rotatable bonds is 7. The molecule has 146 valence electrons.